The Kier molecular flexibility index (Phi) is 5.70. The van der Waals surface area contributed by atoms with Gasteiger partial charge in [-0.2, -0.15) is 0 Å². The maximum atomic E-state index is 11.4. The lowest BCUT2D eigenvalue weighted by atomic mass is 10.1. The molecule has 0 bridgehead atoms. The number of carbonyl (C=O) groups excluding carboxylic acids is 1. The van der Waals surface area contributed by atoms with Crippen LogP contribution in [0.1, 0.15) is 23.1 Å². The molecule has 2 N–H and O–H groups in total. The van der Waals surface area contributed by atoms with Crippen LogP contribution >= 0.6 is 0 Å². The van der Waals surface area contributed by atoms with Crippen molar-refractivity contribution in [2.24, 2.45) is 0 Å². The zero-order chi connectivity index (χ0) is 12.7. The zero-order valence-corrected chi connectivity index (χ0v) is 11.0. The van der Waals surface area contributed by atoms with E-state index >= 15 is 0 Å². The van der Waals surface area contributed by atoms with Gasteiger partial charge in [0.2, 0.25) is 5.91 Å². The summed E-state index contributed by atoms with van der Waals surface area (Å²) in [6, 6.07) is 6.51. The Morgan fingerprint density at radius 3 is 2.35 bits per heavy atom. The molecule has 0 unspecified atom stereocenters. The molecular weight excluding hydrogens is 212 g/mol. The van der Waals surface area contributed by atoms with Gasteiger partial charge >= 0.3 is 0 Å². The molecule has 0 spiro atoms. The fourth-order valence-electron chi connectivity index (χ4n) is 1.89. The van der Waals surface area contributed by atoms with E-state index in [1.165, 1.54) is 16.7 Å². The van der Waals surface area contributed by atoms with E-state index < -0.39 is 0 Å². The summed E-state index contributed by atoms with van der Waals surface area (Å²) in [7, 11) is 1.85. The third-order valence-electron chi connectivity index (χ3n) is 2.62. The average Bonchev–Trinajstić information content (AvgIpc) is 2.25. The molecular formula is C14H22N2O. The molecule has 0 saturated carbocycles. The number of amides is 1. The molecule has 0 aliphatic carbocycles. The normalized spacial score (nSPS) is 10.3. The van der Waals surface area contributed by atoms with Gasteiger partial charge in [-0.3, -0.25) is 4.79 Å². The minimum Gasteiger partial charge on any atom is -0.356 e. The molecule has 3 nitrogen and oxygen atoms in total. The van der Waals surface area contributed by atoms with E-state index in [1.807, 2.05) is 7.05 Å². The molecule has 1 aromatic rings. The van der Waals surface area contributed by atoms with Gasteiger partial charge in [0.05, 0.1) is 0 Å². The first kappa shape index (κ1) is 13.7. The van der Waals surface area contributed by atoms with E-state index in [9.17, 15) is 4.79 Å². The number of hydrogen-bond acceptors (Lipinski definition) is 2. The van der Waals surface area contributed by atoms with Crippen molar-refractivity contribution in [3.63, 3.8) is 0 Å². The molecule has 0 saturated heterocycles. The first-order valence-electron chi connectivity index (χ1n) is 6.10. The molecule has 0 aliphatic heterocycles. The molecule has 1 amide bonds. The largest absolute Gasteiger partial charge is 0.356 e. The van der Waals surface area contributed by atoms with Gasteiger partial charge in [-0.1, -0.05) is 29.3 Å². The second-order valence-corrected chi connectivity index (χ2v) is 4.45. The van der Waals surface area contributed by atoms with Crippen molar-refractivity contribution in [3.05, 3.63) is 34.9 Å². The molecule has 0 radical (unpaired) electrons. The number of carbonyl (C=O) groups is 1. The molecule has 0 atom stereocenters. The molecule has 94 valence electrons. The molecule has 0 aromatic heterocycles. The van der Waals surface area contributed by atoms with Crippen LogP contribution in [0.3, 0.4) is 0 Å². The fourth-order valence-corrected chi connectivity index (χ4v) is 1.89. The van der Waals surface area contributed by atoms with E-state index in [-0.39, 0.29) is 5.91 Å². The highest BCUT2D eigenvalue weighted by Gasteiger charge is 2.00. The summed E-state index contributed by atoms with van der Waals surface area (Å²) in [5.74, 6) is 0.115. The fraction of sp³-hybridized carbons (Fsp3) is 0.500. The summed E-state index contributed by atoms with van der Waals surface area (Å²) in [5.41, 5.74) is 3.85. The smallest absolute Gasteiger partial charge is 0.221 e. The Morgan fingerprint density at radius 1 is 1.12 bits per heavy atom. The monoisotopic (exact) mass is 234 g/mol. The molecule has 0 heterocycles. The van der Waals surface area contributed by atoms with Crippen LogP contribution in [0, 0.1) is 13.8 Å². The first-order chi connectivity index (χ1) is 8.11. The highest BCUT2D eigenvalue weighted by atomic mass is 16.1. The number of benzene rings is 1. The van der Waals surface area contributed by atoms with Crippen LogP contribution in [0.2, 0.25) is 0 Å². The van der Waals surface area contributed by atoms with Crippen LogP contribution in [-0.2, 0) is 11.2 Å². The lowest BCUT2D eigenvalue weighted by molar-refractivity contribution is -0.120. The van der Waals surface area contributed by atoms with Crippen LogP contribution < -0.4 is 10.6 Å². The zero-order valence-electron chi connectivity index (χ0n) is 11.0. The quantitative estimate of drug-likeness (QED) is 0.784. The van der Waals surface area contributed by atoms with Crippen LogP contribution in [-0.4, -0.2) is 26.0 Å². The second-order valence-electron chi connectivity index (χ2n) is 4.45. The summed E-state index contributed by atoms with van der Waals surface area (Å²) in [5, 5.41) is 5.89. The Balaban J connectivity index is 2.33. The van der Waals surface area contributed by atoms with Crippen molar-refractivity contribution >= 4 is 5.91 Å². The van der Waals surface area contributed by atoms with Crippen LogP contribution in [0.15, 0.2) is 18.2 Å². The number of aryl methyl sites for hydroxylation is 2. The van der Waals surface area contributed by atoms with Crippen molar-refractivity contribution in [3.8, 4) is 0 Å². The SMILES string of the molecule is CNCCC(=O)NCCc1cc(C)cc(C)c1. The van der Waals surface area contributed by atoms with Gasteiger partial charge in [0.15, 0.2) is 0 Å². The van der Waals surface area contributed by atoms with Gasteiger partial charge < -0.3 is 10.6 Å². The maximum Gasteiger partial charge on any atom is 0.221 e. The van der Waals surface area contributed by atoms with Crippen molar-refractivity contribution in [2.75, 3.05) is 20.1 Å². The minimum absolute atomic E-state index is 0.115. The van der Waals surface area contributed by atoms with Crippen molar-refractivity contribution in [2.45, 2.75) is 26.7 Å². The van der Waals surface area contributed by atoms with E-state index in [1.54, 1.807) is 0 Å². The van der Waals surface area contributed by atoms with Gasteiger partial charge in [0, 0.05) is 19.5 Å². The van der Waals surface area contributed by atoms with Gasteiger partial charge in [0.25, 0.3) is 0 Å². The number of rotatable bonds is 6. The number of hydrogen-bond donors (Lipinski definition) is 2. The van der Waals surface area contributed by atoms with Crippen LogP contribution in [0.4, 0.5) is 0 Å². The third kappa shape index (κ3) is 5.50. The van der Waals surface area contributed by atoms with Gasteiger partial charge in [0.1, 0.15) is 0 Å². The molecule has 0 aliphatic rings. The van der Waals surface area contributed by atoms with Gasteiger partial charge in [-0.25, -0.2) is 0 Å². The summed E-state index contributed by atoms with van der Waals surface area (Å²) in [6.07, 6.45) is 1.44. The standard InChI is InChI=1S/C14H22N2O/c1-11-8-12(2)10-13(9-11)4-7-16-14(17)5-6-15-3/h8-10,15H,4-7H2,1-3H3,(H,16,17). The first-order valence-corrected chi connectivity index (χ1v) is 6.10. The van der Waals surface area contributed by atoms with Crippen molar-refractivity contribution < 1.29 is 4.79 Å². The Hall–Kier alpha value is -1.35. The highest BCUT2D eigenvalue weighted by molar-refractivity contribution is 5.76. The Morgan fingerprint density at radius 2 is 1.76 bits per heavy atom. The minimum atomic E-state index is 0.115. The van der Waals surface area contributed by atoms with Crippen molar-refractivity contribution in [1.82, 2.24) is 10.6 Å². The van der Waals surface area contributed by atoms with Crippen LogP contribution in [0.25, 0.3) is 0 Å². The molecule has 1 rings (SSSR count). The Bertz CT molecular complexity index is 354. The van der Waals surface area contributed by atoms with E-state index in [4.69, 9.17) is 0 Å². The second kappa shape index (κ2) is 7.07. The van der Waals surface area contributed by atoms with Gasteiger partial charge in [-0.05, 0) is 32.9 Å². The summed E-state index contributed by atoms with van der Waals surface area (Å²) in [6.45, 7) is 5.64. The molecule has 3 heteroatoms. The van der Waals surface area contributed by atoms with Crippen molar-refractivity contribution in [1.29, 1.82) is 0 Å². The topological polar surface area (TPSA) is 41.1 Å². The average molecular weight is 234 g/mol. The van der Waals surface area contributed by atoms with E-state index in [0.29, 0.717) is 13.0 Å². The van der Waals surface area contributed by atoms with E-state index in [0.717, 1.165) is 13.0 Å². The highest BCUT2D eigenvalue weighted by Crippen LogP contribution is 2.08. The third-order valence-corrected chi connectivity index (χ3v) is 2.62. The summed E-state index contributed by atoms with van der Waals surface area (Å²) < 4.78 is 0. The molecule has 1 aromatic carbocycles. The predicted molar refractivity (Wildman–Crippen MR) is 71.2 cm³/mol. The lowest BCUT2D eigenvalue weighted by Crippen LogP contribution is -2.28. The predicted octanol–water partition coefficient (Wildman–Crippen LogP) is 1.57. The lowest BCUT2D eigenvalue weighted by Gasteiger charge is -2.07. The van der Waals surface area contributed by atoms with Gasteiger partial charge in [-0.15, -0.1) is 0 Å². The summed E-state index contributed by atoms with van der Waals surface area (Å²) in [4.78, 5) is 11.4. The van der Waals surface area contributed by atoms with Crippen LogP contribution in [0.5, 0.6) is 0 Å². The Labute approximate surface area is 104 Å². The van der Waals surface area contributed by atoms with E-state index in [2.05, 4.69) is 42.7 Å². The number of nitrogens with one attached hydrogen (secondary N) is 2. The summed E-state index contributed by atoms with van der Waals surface area (Å²) >= 11 is 0. The maximum absolute atomic E-state index is 11.4. The molecule has 17 heavy (non-hydrogen) atoms. The molecule has 0 fully saturated rings.